The summed E-state index contributed by atoms with van der Waals surface area (Å²) in [7, 11) is 0. The number of piperidine rings is 1. The van der Waals surface area contributed by atoms with Crippen molar-refractivity contribution in [3.63, 3.8) is 0 Å². The SMILES string of the molecule is C=CCn1c(SCC(=O)N2CCCC[C@@H]2CC)nc2ccccc2c1=O. The molecule has 1 fully saturated rings. The Bertz CT molecular complexity index is 862. The average molecular weight is 372 g/mol. The van der Waals surface area contributed by atoms with E-state index in [0.717, 1.165) is 25.8 Å². The van der Waals surface area contributed by atoms with Gasteiger partial charge < -0.3 is 4.90 Å². The van der Waals surface area contributed by atoms with Gasteiger partial charge in [0.15, 0.2) is 5.16 Å². The lowest BCUT2D eigenvalue weighted by molar-refractivity contribution is -0.132. The van der Waals surface area contributed by atoms with E-state index in [0.29, 0.717) is 34.4 Å². The van der Waals surface area contributed by atoms with Crippen molar-refractivity contribution in [3.05, 3.63) is 47.3 Å². The number of likely N-dealkylation sites (tertiary alicyclic amines) is 1. The Morgan fingerprint density at radius 3 is 2.96 bits per heavy atom. The Balaban J connectivity index is 1.83. The molecule has 6 heteroatoms. The van der Waals surface area contributed by atoms with Gasteiger partial charge in [-0.05, 0) is 37.8 Å². The molecule has 1 atom stereocenters. The number of thioether (sulfide) groups is 1. The maximum absolute atomic E-state index is 12.8. The van der Waals surface area contributed by atoms with Gasteiger partial charge in [-0.1, -0.05) is 36.9 Å². The molecule has 0 N–H and O–H groups in total. The van der Waals surface area contributed by atoms with Crippen molar-refractivity contribution in [1.29, 1.82) is 0 Å². The highest BCUT2D eigenvalue weighted by Gasteiger charge is 2.25. The van der Waals surface area contributed by atoms with Gasteiger partial charge in [0.2, 0.25) is 5.91 Å². The van der Waals surface area contributed by atoms with Crippen LogP contribution in [0.1, 0.15) is 32.6 Å². The first-order valence-corrected chi connectivity index (χ1v) is 10.2. The molecular weight excluding hydrogens is 346 g/mol. The fraction of sp³-hybridized carbons (Fsp3) is 0.450. The van der Waals surface area contributed by atoms with Crippen LogP contribution in [0.4, 0.5) is 0 Å². The molecule has 0 unspecified atom stereocenters. The van der Waals surface area contributed by atoms with E-state index >= 15 is 0 Å². The number of benzene rings is 1. The van der Waals surface area contributed by atoms with Crippen molar-refractivity contribution >= 4 is 28.6 Å². The fourth-order valence-electron chi connectivity index (χ4n) is 3.51. The predicted octanol–water partition coefficient (Wildman–Crippen LogP) is 3.47. The van der Waals surface area contributed by atoms with E-state index in [1.165, 1.54) is 18.2 Å². The molecule has 1 saturated heterocycles. The Kier molecular flexibility index (Phi) is 6.14. The molecular formula is C20H25N3O2S. The van der Waals surface area contributed by atoms with E-state index in [-0.39, 0.29) is 11.5 Å². The number of hydrogen-bond acceptors (Lipinski definition) is 4. The Labute approximate surface area is 158 Å². The molecule has 26 heavy (non-hydrogen) atoms. The minimum atomic E-state index is -0.0881. The Hall–Kier alpha value is -2.08. The van der Waals surface area contributed by atoms with Crippen LogP contribution in [0.15, 0.2) is 46.9 Å². The van der Waals surface area contributed by atoms with Gasteiger partial charge in [-0.2, -0.15) is 0 Å². The Morgan fingerprint density at radius 2 is 2.19 bits per heavy atom. The number of allylic oxidation sites excluding steroid dienone is 1. The number of nitrogens with zero attached hydrogens (tertiary/aromatic N) is 3. The highest BCUT2D eigenvalue weighted by Crippen LogP contribution is 2.23. The zero-order valence-corrected chi connectivity index (χ0v) is 16.0. The lowest BCUT2D eigenvalue weighted by Crippen LogP contribution is -2.44. The summed E-state index contributed by atoms with van der Waals surface area (Å²) in [5.41, 5.74) is 0.576. The van der Waals surface area contributed by atoms with Crippen molar-refractivity contribution < 1.29 is 4.79 Å². The smallest absolute Gasteiger partial charge is 0.262 e. The molecule has 0 spiro atoms. The minimum Gasteiger partial charge on any atom is -0.339 e. The standard InChI is InChI=1S/C20H25N3O2S/c1-3-12-23-19(25)16-10-5-6-11-17(16)21-20(23)26-14-18(24)22-13-8-7-9-15(22)4-2/h3,5-6,10-11,15H,1,4,7-9,12-14H2,2H3/t15-/m0/s1. The van der Waals surface area contributed by atoms with Crippen LogP contribution in [0.25, 0.3) is 10.9 Å². The summed E-state index contributed by atoms with van der Waals surface area (Å²) in [4.78, 5) is 32.1. The van der Waals surface area contributed by atoms with Crippen LogP contribution in [0.5, 0.6) is 0 Å². The first-order valence-electron chi connectivity index (χ1n) is 9.18. The molecule has 0 aliphatic carbocycles. The first-order chi connectivity index (χ1) is 12.7. The number of carbonyl (C=O) groups is 1. The Morgan fingerprint density at radius 1 is 1.38 bits per heavy atom. The number of rotatable bonds is 6. The number of hydrogen-bond donors (Lipinski definition) is 0. The van der Waals surface area contributed by atoms with Crippen molar-refractivity contribution in [2.45, 2.75) is 50.4 Å². The summed E-state index contributed by atoms with van der Waals surface area (Å²) in [6, 6.07) is 7.66. The normalized spacial score (nSPS) is 17.4. The third kappa shape index (κ3) is 3.85. The van der Waals surface area contributed by atoms with Gasteiger partial charge >= 0.3 is 0 Å². The van der Waals surface area contributed by atoms with E-state index in [1.54, 1.807) is 16.7 Å². The highest BCUT2D eigenvalue weighted by molar-refractivity contribution is 7.99. The third-order valence-corrected chi connectivity index (χ3v) is 5.84. The summed E-state index contributed by atoms with van der Waals surface area (Å²) in [5, 5.41) is 1.17. The molecule has 1 amide bonds. The van der Waals surface area contributed by atoms with E-state index in [9.17, 15) is 9.59 Å². The largest absolute Gasteiger partial charge is 0.339 e. The summed E-state index contributed by atoms with van der Waals surface area (Å²) in [6.07, 6.45) is 6.03. The number of aromatic nitrogens is 2. The molecule has 0 saturated carbocycles. The molecule has 0 radical (unpaired) electrons. The lowest BCUT2D eigenvalue weighted by atomic mass is 10.0. The van der Waals surface area contributed by atoms with Crippen LogP contribution in [0.2, 0.25) is 0 Å². The van der Waals surface area contributed by atoms with Crippen LogP contribution in [0.3, 0.4) is 0 Å². The fourth-order valence-corrected chi connectivity index (χ4v) is 4.41. The second-order valence-corrected chi connectivity index (χ2v) is 7.49. The maximum Gasteiger partial charge on any atom is 0.262 e. The molecule has 0 bridgehead atoms. The van der Waals surface area contributed by atoms with Crippen LogP contribution < -0.4 is 5.56 Å². The number of carbonyl (C=O) groups excluding carboxylic acids is 1. The second kappa shape index (κ2) is 8.54. The maximum atomic E-state index is 12.8. The number of amides is 1. The minimum absolute atomic E-state index is 0.0881. The summed E-state index contributed by atoms with van der Waals surface area (Å²) in [5.74, 6) is 0.437. The molecule has 1 aromatic heterocycles. The van der Waals surface area contributed by atoms with Crippen molar-refractivity contribution in [3.8, 4) is 0 Å². The van der Waals surface area contributed by atoms with E-state index in [4.69, 9.17) is 0 Å². The molecule has 1 aliphatic rings. The molecule has 138 valence electrons. The van der Waals surface area contributed by atoms with E-state index in [2.05, 4.69) is 18.5 Å². The first kappa shape index (κ1) is 18.7. The number of para-hydroxylation sites is 1. The van der Waals surface area contributed by atoms with Gasteiger partial charge in [-0.15, -0.1) is 6.58 Å². The summed E-state index contributed by atoms with van der Waals surface area (Å²) >= 11 is 1.34. The average Bonchev–Trinajstić information content (AvgIpc) is 2.68. The lowest BCUT2D eigenvalue weighted by Gasteiger charge is -2.35. The van der Waals surface area contributed by atoms with Gasteiger partial charge in [-0.3, -0.25) is 14.2 Å². The number of fused-ring (bicyclic) bond motifs is 1. The molecule has 1 aliphatic heterocycles. The van der Waals surface area contributed by atoms with Gasteiger partial charge in [0.05, 0.1) is 16.7 Å². The topological polar surface area (TPSA) is 55.2 Å². The monoisotopic (exact) mass is 371 g/mol. The summed E-state index contributed by atoms with van der Waals surface area (Å²) < 4.78 is 1.60. The van der Waals surface area contributed by atoms with Gasteiger partial charge in [0, 0.05) is 19.1 Å². The van der Waals surface area contributed by atoms with Gasteiger partial charge in [0.1, 0.15) is 0 Å². The van der Waals surface area contributed by atoms with Crippen molar-refractivity contribution in [1.82, 2.24) is 14.5 Å². The van der Waals surface area contributed by atoms with E-state index in [1.807, 2.05) is 23.1 Å². The van der Waals surface area contributed by atoms with Crippen molar-refractivity contribution in [2.75, 3.05) is 12.3 Å². The molecule has 5 nitrogen and oxygen atoms in total. The van der Waals surface area contributed by atoms with E-state index < -0.39 is 0 Å². The highest BCUT2D eigenvalue weighted by atomic mass is 32.2. The zero-order valence-electron chi connectivity index (χ0n) is 15.2. The predicted molar refractivity (Wildman–Crippen MR) is 107 cm³/mol. The van der Waals surface area contributed by atoms with Crippen LogP contribution in [0, 0.1) is 0 Å². The summed E-state index contributed by atoms with van der Waals surface area (Å²) in [6.45, 7) is 7.09. The van der Waals surface area contributed by atoms with Gasteiger partial charge in [-0.25, -0.2) is 4.98 Å². The molecule has 2 aromatic rings. The molecule has 2 heterocycles. The molecule has 3 rings (SSSR count). The zero-order chi connectivity index (χ0) is 18.5. The van der Waals surface area contributed by atoms with Crippen molar-refractivity contribution in [2.24, 2.45) is 0 Å². The van der Waals surface area contributed by atoms with Crippen LogP contribution in [-0.4, -0.2) is 38.7 Å². The second-order valence-electron chi connectivity index (χ2n) is 6.55. The molecule has 1 aromatic carbocycles. The van der Waals surface area contributed by atoms with Crippen LogP contribution in [-0.2, 0) is 11.3 Å². The quantitative estimate of drug-likeness (QED) is 0.443. The van der Waals surface area contributed by atoms with Crippen LogP contribution >= 0.6 is 11.8 Å². The van der Waals surface area contributed by atoms with Gasteiger partial charge in [0.25, 0.3) is 5.56 Å². The third-order valence-electron chi connectivity index (χ3n) is 4.88.